The monoisotopic (exact) mass is 250 g/mol. The molecule has 0 spiro atoms. The van der Waals surface area contributed by atoms with Crippen LogP contribution in [0.25, 0.3) is 0 Å². The first-order chi connectivity index (χ1) is 5.65. The number of hydrogen-bond donors (Lipinski definition) is 0. The first kappa shape index (κ1) is 10.0. The number of hydrogen-bond acceptors (Lipinski definition) is 0. The van der Waals surface area contributed by atoms with Gasteiger partial charge >= 0.3 is 0 Å². The van der Waals surface area contributed by atoms with Gasteiger partial charge in [0.05, 0.1) is 4.47 Å². The van der Waals surface area contributed by atoms with Gasteiger partial charge < -0.3 is 0 Å². The smallest absolute Gasteiger partial charge is 0.137 e. The summed E-state index contributed by atoms with van der Waals surface area (Å²) in [6, 6.07) is 3.08. The van der Waals surface area contributed by atoms with Gasteiger partial charge in [0.1, 0.15) is 5.82 Å². The zero-order valence-electron chi connectivity index (χ0n) is 6.70. The van der Waals surface area contributed by atoms with E-state index in [1.165, 1.54) is 6.07 Å². The van der Waals surface area contributed by atoms with Crippen molar-refractivity contribution in [3.63, 3.8) is 0 Å². The standard InChI is InChI=1S/C9H9BrClF/c1-2-3-6-4-9(12)7(10)5-8(6)11/h4-5H,2-3H2,1H3. The maximum atomic E-state index is 13.0. The minimum Gasteiger partial charge on any atom is -0.206 e. The Hall–Kier alpha value is -0.0800. The molecule has 0 atom stereocenters. The van der Waals surface area contributed by atoms with Gasteiger partial charge in [-0.3, -0.25) is 0 Å². The van der Waals surface area contributed by atoms with E-state index >= 15 is 0 Å². The molecule has 0 amide bonds. The van der Waals surface area contributed by atoms with Crippen molar-refractivity contribution in [2.75, 3.05) is 0 Å². The number of benzene rings is 1. The lowest BCUT2D eigenvalue weighted by atomic mass is 10.1. The highest BCUT2D eigenvalue weighted by Gasteiger charge is 2.05. The van der Waals surface area contributed by atoms with Crippen molar-refractivity contribution in [1.29, 1.82) is 0 Å². The van der Waals surface area contributed by atoms with Crippen molar-refractivity contribution in [1.82, 2.24) is 0 Å². The highest BCUT2D eigenvalue weighted by molar-refractivity contribution is 9.10. The molecule has 1 rings (SSSR count). The van der Waals surface area contributed by atoms with E-state index in [4.69, 9.17) is 11.6 Å². The number of halogens is 3. The highest BCUT2D eigenvalue weighted by Crippen LogP contribution is 2.25. The van der Waals surface area contributed by atoms with E-state index in [-0.39, 0.29) is 5.82 Å². The second-order valence-corrected chi connectivity index (χ2v) is 3.87. The molecule has 66 valence electrons. The molecule has 0 heterocycles. The minimum absolute atomic E-state index is 0.247. The molecule has 1 aromatic rings. The van der Waals surface area contributed by atoms with Crippen molar-refractivity contribution >= 4 is 27.5 Å². The summed E-state index contributed by atoms with van der Waals surface area (Å²) >= 11 is 8.96. The molecule has 0 nitrogen and oxygen atoms in total. The zero-order chi connectivity index (χ0) is 9.14. The van der Waals surface area contributed by atoms with Gasteiger partial charge in [-0.15, -0.1) is 0 Å². The fourth-order valence-corrected chi connectivity index (χ4v) is 1.76. The molecule has 1 aromatic carbocycles. The third-order valence-electron chi connectivity index (χ3n) is 1.61. The molecular weight excluding hydrogens is 242 g/mol. The summed E-state index contributed by atoms with van der Waals surface area (Å²) < 4.78 is 13.4. The van der Waals surface area contributed by atoms with Crippen LogP contribution >= 0.6 is 27.5 Å². The fourth-order valence-electron chi connectivity index (χ4n) is 1.02. The van der Waals surface area contributed by atoms with Gasteiger partial charge in [-0.05, 0) is 40.0 Å². The summed E-state index contributed by atoms with van der Waals surface area (Å²) in [6.07, 6.45) is 1.80. The largest absolute Gasteiger partial charge is 0.206 e. The third kappa shape index (κ3) is 2.20. The Bertz CT molecular complexity index is 286. The molecule has 0 N–H and O–H groups in total. The molecule has 0 radical (unpaired) electrons. The summed E-state index contributed by atoms with van der Waals surface area (Å²) in [4.78, 5) is 0. The predicted octanol–water partition coefficient (Wildman–Crippen LogP) is 4.19. The lowest BCUT2D eigenvalue weighted by Crippen LogP contribution is -1.88. The van der Waals surface area contributed by atoms with Crippen LogP contribution in [0.3, 0.4) is 0 Å². The Morgan fingerprint density at radius 2 is 2.17 bits per heavy atom. The van der Waals surface area contributed by atoms with Crippen LogP contribution in [-0.4, -0.2) is 0 Å². The lowest BCUT2D eigenvalue weighted by molar-refractivity contribution is 0.618. The highest BCUT2D eigenvalue weighted by atomic mass is 79.9. The van der Waals surface area contributed by atoms with Gasteiger partial charge in [-0.1, -0.05) is 24.9 Å². The number of rotatable bonds is 2. The molecule has 0 aromatic heterocycles. The Morgan fingerprint density at radius 3 is 2.75 bits per heavy atom. The van der Waals surface area contributed by atoms with Gasteiger partial charge in [0.15, 0.2) is 0 Å². The molecule has 0 unspecified atom stereocenters. The summed E-state index contributed by atoms with van der Waals surface area (Å²) in [7, 11) is 0. The first-order valence-electron chi connectivity index (χ1n) is 3.78. The van der Waals surface area contributed by atoms with Crippen molar-refractivity contribution in [3.05, 3.63) is 33.0 Å². The molecule has 12 heavy (non-hydrogen) atoms. The van der Waals surface area contributed by atoms with Gasteiger partial charge in [-0.2, -0.15) is 0 Å². The molecule has 0 bridgehead atoms. The van der Waals surface area contributed by atoms with E-state index in [0.29, 0.717) is 9.50 Å². The average molecular weight is 252 g/mol. The Balaban J connectivity index is 3.05. The van der Waals surface area contributed by atoms with E-state index < -0.39 is 0 Å². The minimum atomic E-state index is -0.247. The quantitative estimate of drug-likeness (QED) is 0.691. The predicted molar refractivity (Wildman–Crippen MR) is 53.1 cm³/mol. The second-order valence-electron chi connectivity index (χ2n) is 2.61. The van der Waals surface area contributed by atoms with Crippen LogP contribution in [0.1, 0.15) is 18.9 Å². The van der Waals surface area contributed by atoms with Gasteiger partial charge in [0.2, 0.25) is 0 Å². The lowest BCUT2D eigenvalue weighted by Gasteiger charge is -2.03. The van der Waals surface area contributed by atoms with Crippen LogP contribution in [-0.2, 0) is 6.42 Å². The van der Waals surface area contributed by atoms with E-state index in [1.807, 2.05) is 6.92 Å². The molecule has 3 heteroatoms. The zero-order valence-corrected chi connectivity index (χ0v) is 9.04. The first-order valence-corrected chi connectivity index (χ1v) is 4.95. The van der Waals surface area contributed by atoms with E-state index in [1.54, 1.807) is 6.07 Å². The second kappa shape index (κ2) is 4.24. The molecule has 0 fully saturated rings. The third-order valence-corrected chi connectivity index (χ3v) is 2.57. The maximum absolute atomic E-state index is 13.0. The topological polar surface area (TPSA) is 0 Å². The molecular formula is C9H9BrClF. The fraction of sp³-hybridized carbons (Fsp3) is 0.333. The molecule has 0 aliphatic heterocycles. The SMILES string of the molecule is CCCc1cc(F)c(Br)cc1Cl. The van der Waals surface area contributed by atoms with Gasteiger partial charge in [0.25, 0.3) is 0 Å². The van der Waals surface area contributed by atoms with Crippen LogP contribution in [0, 0.1) is 5.82 Å². The normalized spacial score (nSPS) is 10.3. The summed E-state index contributed by atoms with van der Waals surface area (Å²) in [5.74, 6) is -0.247. The Morgan fingerprint density at radius 1 is 1.50 bits per heavy atom. The van der Waals surface area contributed by atoms with Crippen LogP contribution < -0.4 is 0 Å². The Labute approximate surface area is 84.9 Å². The van der Waals surface area contributed by atoms with Gasteiger partial charge in [0, 0.05) is 5.02 Å². The van der Waals surface area contributed by atoms with Crippen molar-refractivity contribution < 1.29 is 4.39 Å². The van der Waals surface area contributed by atoms with Crippen molar-refractivity contribution in [2.45, 2.75) is 19.8 Å². The van der Waals surface area contributed by atoms with Crippen LogP contribution in [0.2, 0.25) is 5.02 Å². The summed E-state index contributed by atoms with van der Waals surface area (Å²) in [6.45, 7) is 2.04. The van der Waals surface area contributed by atoms with E-state index in [0.717, 1.165) is 18.4 Å². The van der Waals surface area contributed by atoms with E-state index in [9.17, 15) is 4.39 Å². The maximum Gasteiger partial charge on any atom is 0.137 e. The van der Waals surface area contributed by atoms with Crippen molar-refractivity contribution in [2.24, 2.45) is 0 Å². The molecule has 0 aliphatic rings. The van der Waals surface area contributed by atoms with Gasteiger partial charge in [-0.25, -0.2) is 4.39 Å². The van der Waals surface area contributed by atoms with E-state index in [2.05, 4.69) is 15.9 Å². The molecule has 0 saturated carbocycles. The van der Waals surface area contributed by atoms with Crippen LogP contribution in [0.15, 0.2) is 16.6 Å². The van der Waals surface area contributed by atoms with Crippen molar-refractivity contribution in [3.8, 4) is 0 Å². The van der Waals surface area contributed by atoms with Crippen LogP contribution in [0.5, 0.6) is 0 Å². The molecule has 0 aliphatic carbocycles. The Kier molecular flexibility index (Phi) is 3.53. The average Bonchev–Trinajstić information content (AvgIpc) is 2.01. The summed E-state index contributed by atoms with van der Waals surface area (Å²) in [5, 5.41) is 0.630. The summed E-state index contributed by atoms with van der Waals surface area (Å²) in [5.41, 5.74) is 0.875. The molecule has 0 saturated heterocycles. The van der Waals surface area contributed by atoms with Crippen LogP contribution in [0.4, 0.5) is 4.39 Å². The number of aryl methyl sites for hydroxylation is 1.